The van der Waals surface area contributed by atoms with Crippen molar-refractivity contribution in [3.8, 4) is 5.75 Å². The summed E-state index contributed by atoms with van der Waals surface area (Å²) in [5, 5.41) is 6.26. The SMILES string of the molecule is COc1ccc(CCN2C(=O)N[C@@H](CC(=O)NCCn3ccc4ccc(F)cc43)C2=O)cc1. The van der Waals surface area contributed by atoms with Crippen LogP contribution in [-0.4, -0.2) is 53.6 Å². The standard InChI is InChI=1S/C24H25FN4O4/c1-33-19-6-2-16(3-7-19)8-12-29-23(31)20(27-24(29)32)15-22(30)26-10-13-28-11-9-17-4-5-18(25)14-21(17)28/h2-7,9,11,14,20H,8,10,12-13,15H2,1H3,(H,26,30)(H,27,32)/t20-/m0/s1. The van der Waals surface area contributed by atoms with E-state index < -0.39 is 18.0 Å². The summed E-state index contributed by atoms with van der Waals surface area (Å²) < 4.78 is 20.5. The molecule has 2 heterocycles. The Morgan fingerprint density at radius 1 is 1.12 bits per heavy atom. The fourth-order valence-electron chi connectivity index (χ4n) is 3.89. The number of nitrogens with zero attached hydrogens (tertiary/aromatic N) is 2. The number of nitrogens with one attached hydrogen (secondary N) is 2. The van der Waals surface area contributed by atoms with Crippen molar-refractivity contribution >= 4 is 28.7 Å². The number of imide groups is 1. The van der Waals surface area contributed by atoms with Crippen molar-refractivity contribution in [2.75, 3.05) is 20.2 Å². The number of benzene rings is 2. The normalized spacial score (nSPS) is 15.7. The lowest BCUT2D eigenvalue weighted by molar-refractivity contribution is -0.130. The Morgan fingerprint density at radius 2 is 1.91 bits per heavy atom. The minimum atomic E-state index is -0.880. The molecule has 1 fully saturated rings. The van der Waals surface area contributed by atoms with Gasteiger partial charge >= 0.3 is 6.03 Å². The largest absolute Gasteiger partial charge is 0.497 e. The molecule has 4 amide bonds. The molecule has 1 aliphatic heterocycles. The van der Waals surface area contributed by atoms with Gasteiger partial charge in [-0.2, -0.15) is 0 Å². The molecule has 4 rings (SSSR count). The predicted molar refractivity (Wildman–Crippen MR) is 120 cm³/mol. The Balaban J connectivity index is 1.25. The molecule has 1 aromatic heterocycles. The average molecular weight is 452 g/mol. The van der Waals surface area contributed by atoms with Crippen molar-refractivity contribution in [3.63, 3.8) is 0 Å². The van der Waals surface area contributed by atoms with Crippen molar-refractivity contribution in [1.29, 1.82) is 0 Å². The Labute approximate surface area is 190 Å². The predicted octanol–water partition coefficient (Wildman–Crippen LogP) is 2.46. The van der Waals surface area contributed by atoms with Crippen LogP contribution >= 0.6 is 0 Å². The van der Waals surface area contributed by atoms with E-state index in [4.69, 9.17) is 4.74 Å². The number of halogens is 1. The number of hydrogen-bond donors (Lipinski definition) is 2. The lowest BCUT2D eigenvalue weighted by Gasteiger charge is -2.13. The highest BCUT2D eigenvalue weighted by atomic mass is 19.1. The third-order valence-corrected chi connectivity index (χ3v) is 5.69. The highest BCUT2D eigenvalue weighted by molar-refractivity contribution is 6.05. The lowest BCUT2D eigenvalue weighted by Crippen LogP contribution is -2.37. The van der Waals surface area contributed by atoms with Crippen LogP contribution in [0.4, 0.5) is 9.18 Å². The molecule has 0 aliphatic carbocycles. The first kappa shape index (κ1) is 22.3. The molecule has 172 valence electrons. The molecule has 3 aromatic rings. The van der Waals surface area contributed by atoms with Crippen LogP contribution < -0.4 is 15.4 Å². The first-order valence-corrected chi connectivity index (χ1v) is 10.7. The monoisotopic (exact) mass is 452 g/mol. The second kappa shape index (κ2) is 9.72. The molecule has 1 saturated heterocycles. The van der Waals surface area contributed by atoms with E-state index in [2.05, 4.69) is 10.6 Å². The van der Waals surface area contributed by atoms with Gasteiger partial charge in [0.25, 0.3) is 5.91 Å². The van der Waals surface area contributed by atoms with Gasteiger partial charge in [0.15, 0.2) is 0 Å². The summed E-state index contributed by atoms with van der Waals surface area (Å²) in [5.41, 5.74) is 1.71. The molecule has 2 N–H and O–H groups in total. The van der Waals surface area contributed by atoms with E-state index >= 15 is 0 Å². The van der Waals surface area contributed by atoms with Gasteiger partial charge in [-0.05, 0) is 53.8 Å². The Bertz CT molecular complexity index is 1170. The van der Waals surface area contributed by atoms with Crippen molar-refractivity contribution in [2.45, 2.75) is 25.4 Å². The van der Waals surface area contributed by atoms with Gasteiger partial charge in [0.05, 0.1) is 19.0 Å². The summed E-state index contributed by atoms with van der Waals surface area (Å²) in [6, 6.07) is 12.5. The molecular weight excluding hydrogens is 427 g/mol. The number of methoxy groups -OCH3 is 1. The van der Waals surface area contributed by atoms with Crippen LogP contribution in [0.2, 0.25) is 0 Å². The Hall–Kier alpha value is -3.88. The lowest BCUT2D eigenvalue weighted by atomic mass is 10.1. The van der Waals surface area contributed by atoms with Gasteiger partial charge < -0.3 is 19.9 Å². The number of aromatic nitrogens is 1. The fraction of sp³-hybridized carbons (Fsp3) is 0.292. The summed E-state index contributed by atoms with van der Waals surface area (Å²) in [6.45, 7) is 0.999. The zero-order valence-corrected chi connectivity index (χ0v) is 18.2. The molecule has 2 aromatic carbocycles. The van der Waals surface area contributed by atoms with Crippen LogP contribution in [-0.2, 0) is 22.6 Å². The molecule has 1 aliphatic rings. The molecule has 0 bridgehead atoms. The minimum Gasteiger partial charge on any atom is -0.497 e. The fourth-order valence-corrected chi connectivity index (χ4v) is 3.89. The first-order valence-electron chi connectivity index (χ1n) is 10.7. The number of carbonyl (C=O) groups is 3. The number of urea groups is 1. The third-order valence-electron chi connectivity index (χ3n) is 5.69. The zero-order valence-electron chi connectivity index (χ0n) is 18.2. The van der Waals surface area contributed by atoms with E-state index in [0.29, 0.717) is 19.5 Å². The summed E-state index contributed by atoms with van der Waals surface area (Å²) in [5.74, 6) is -0.334. The molecule has 0 saturated carbocycles. The van der Waals surface area contributed by atoms with Crippen LogP contribution in [0.3, 0.4) is 0 Å². The van der Waals surface area contributed by atoms with Gasteiger partial charge in [-0.3, -0.25) is 14.5 Å². The molecular formula is C24H25FN4O4. The number of carbonyl (C=O) groups excluding carboxylic acids is 3. The quantitative estimate of drug-likeness (QED) is 0.488. The van der Waals surface area contributed by atoms with Crippen molar-refractivity contribution in [3.05, 3.63) is 66.1 Å². The van der Waals surface area contributed by atoms with Crippen LogP contribution in [0, 0.1) is 5.82 Å². The van der Waals surface area contributed by atoms with Crippen molar-refractivity contribution < 1.29 is 23.5 Å². The smallest absolute Gasteiger partial charge is 0.324 e. The third kappa shape index (κ3) is 5.14. The van der Waals surface area contributed by atoms with Gasteiger partial charge in [-0.25, -0.2) is 9.18 Å². The second-order valence-corrected chi connectivity index (χ2v) is 7.86. The van der Waals surface area contributed by atoms with Gasteiger partial charge in [0, 0.05) is 25.8 Å². The first-order chi connectivity index (χ1) is 15.9. The Kier molecular flexibility index (Phi) is 6.58. The van der Waals surface area contributed by atoms with E-state index in [0.717, 1.165) is 27.1 Å². The second-order valence-electron chi connectivity index (χ2n) is 7.86. The van der Waals surface area contributed by atoms with Gasteiger partial charge in [-0.15, -0.1) is 0 Å². The molecule has 0 radical (unpaired) electrons. The maximum Gasteiger partial charge on any atom is 0.324 e. The number of hydrogen-bond acceptors (Lipinski definition) is 4. The topological polar surface area (TPSA) is 92.7 Å². The van der Waals surface area contributed by atoms with E-state index in [9.17, 15) is 18.8 Å². The van der Waals surface area contributed by atoms with E-state index in [-0.39, 0.29) is 24.7 Å². The molecule has 1 atom stereocenters. The van der Waals surface area contributed by atoms with Crippen LogP contribution in [0.5, 0.6) is 5.75 Å². The van der Waals surface area contributed by atoms with Crippen molar-refractivity contribution in [2.24, 2.45) is 0 Å². The van der Waals surface area contributed by atoms with Crippen LogP contribution in [0.15, 0.2) is 54.7 Å². The number of ether oxygens (including phenoxy) is 1. The van der Waals surface area contributed by atoms with E-state index in [1.807, 2.05) is 41.1 Å². The summed E-state index contributed by atoms with van der Waals surface area (Å²) in [6.07, 6.45) is 2.20. The van der Waals surface area contributed by atoms with E-state index in [1.165, 1.54) is 12.1 Å². The highest BCUT2D eigenvalue weighted by Crippen LogP contribution is 2.17. The van der Waals surface area contributed by atoms with Crippen molar-refractivity contribution in [1.82, 2.24) is 20.1 Å². The van der Waals surface area contributed by atoms with Crippen LogP contribution in [0.25, 0.3) is 10.9 Å². The zero-order chi connectivity index (χ0) is 23.4. The maximum atomic E-state index is 13.5. The minimum absolute atomic E-state index is 0.134. The molecule has 0 spiro atoms. The average Bonchev–Trinajstić information content (AvgIpc) is 3.32. The summed E-state index contributed by atoms with van der Waals surface area (Å²) in [7, 11) is 1.59. The maximum absolute atomic E-state index is 13.5. The molecule has 0 unspecified atom stereocenters. The number of rotatable bonds is 9. The molecule has 8 nitrogen and oxygen atoms in total. The molecule has 9 heteroatoms. The van der Waals surface area contributed by atoms with Crippen LogP contribution in [0.1, 0.15) is 12.0 Å². The summed E-state index contributed by atoms with van der Waals surface area (Å²) in [4.78, 5) is 38.3. The summed E-state index contributed by atoms with van der Waals surface area (Å²) >= 11 is 0. The van der Waals surface area contributed by atoms with E-state index in [1.54, 1.807) is 13.2 Å². The van der Waals surface area contributed by atoms with Gasteiger partial charge in [0.2, 0.25) is 5.91 Å². The van der Waals surface area contributed by atoms with Gasteiger partial charge in [0.1, 0.15) is 17.6 Å². The number of fused-ring (bicyclic) bond motifs is 1. The van der Waals surface area contributed by atoms with Gasteiger partial charge in [-0.1, -0.05) is 12.1 Å². The molecule has 33 heavy (non-hydrogen) atoms. The highest BCUT2D eigenvalue weighted by Gasteiger charge is 2.38. The Morgan fingerprint density at radius 3 is 2.67 bits per heavy atom. The number of amides is 4.